The molecule has 0 saturated heterocycles. The van der Waals surface area contributed by atoms with Gasteiger partial charge in [-0.1, -0.05) is 16.7 Å². The van der Waals surface area contributed by atoms with E-state index in [4.69, 9.17) is 16.0 Å². The number of hydrogen-bond donors (Lipinski definition) is 1. The summed E-state index contributed by atoms with van der Waals surface area (Å²) >= 11 is 7.21. The molecule has 1 N–H and O–H groups in total. The zero-order valence-electron chi connectivity index (χ0n) is 13.0. The van der Waals surface area contributed by atoms with Crippen molar-refractivity contribution in [2.24, 2.45) is 7.05 Å². The zero-order chi connectivity index (χ0) is 17.1. The predicted octanol–water partition coefficient (Wildman–Crippen LogP) is 3.16. The Morgan fingerprint density at radius 3 is 2.75 bits per heavy atom. The summed E-state index contributed by atoms with van der Waals surface area (Å²) < 4.78 is 7.13. The van der Waals surface area contributed by atoms with Crippen LogP contribution >= 0.6 is 23.4 Å². The molecule has 1 aromatic carbocycles. The second kappa shape index (κ2) is 7.06. The van der Waals surface area contributed by atoms with Gasteiger partial charge in [-0.3, -0.25) is 14.8 Å². The van der Waals surface area contributed by atoms with E-state index in [9.17, 15) is 4.79 Å². The average molecular weight is 364 g/mol. The Kier molecular flexibility index (Phi) is 4.86. The van der Waals surface area contributed by atoms with Gasteiger partial charge in [0.15, 0.2) is 0 Å². The Hall–Kier alpha value is -2.32. The number of benzene rings is 1. The molecule has 3 rings (SSSR count). The Morgan fingerprint density at radius 2 is 2.08 bits per heavy atom. The van der Waals surface area contributed by atoms with Gasteiger partial charge in [-0.05, 0) is 37.3 Å². The van der Waals surface area contributed by atoms with E-state index < -0.39 is 0 Å². The smallest absolute Gasteiger partial charge is 0.322 e. The first-order valence-corrected chi connectivity index (χ1v) is 8.40. The van der Waals surface area contributed by atoms with Gasteiger partial charge in [-0.2, -0.15) is 5.10 Å². The lowest BCUT2D eigenvalue weighted by atomic mass is 10.4. The standard InChI is InChI=1S/C15H14ClN5O2S/c1-9-7-12(20-21(9)2)14-18-19-15(23-14)17-13(22)8-24-11-5-3-10(16)4-6-11/h3-7H,8H2,1-2H3,(H,17,19,22). The lowest BCUT2D eigenvalue weighted by Crippen LogP contribution is -2.14. The fourth-order valence-corrected chi connectivity index (χ4v) is 2.70. The lowest BCUT2D eigenvalue weighted by Gasteiger charge is -2.01. The summed E-state index contributed by atoms with van der Waals surface area (Å²) in [5, 5.41) is 15.2. The van der Waals surface area contributed by atoms with Crippen LogP contribution in [0.3, 0.4) is 0 Å². The monoisotopic (exact) mass is 363 g/mol. The molecule has 0 spiro atoms. The molecule has 0 unspecified atom stereocenters. The number of aryl methyl sites for hydroxylation is 2. The van der Waals surface area contributed by atoms with Crippen LogP contribution in [0.4, 0.5) is 6.01 Å². The van der Waals surface area contributed by atoms with Gasteiger partial charge >= 0.3 is 6.01 Å². The molecule has 124 valence electrons. The number of halogens is 1. The normalized spacial score (nSPS) is 10.8. The van der Waals surface area contributed by atoms with E-state index in [1.165, 1.54) is 11.8 Å². The van der Waals surface area contributed by atoms with Gasteiger partial charge in [-0.25, -0.2) is 0 Å². The van der Waals surface area contributed by atoms with Gasteiger partial charge in [0.25, 0.3) is 5.89 Å². The van der Waals surface area contributed by atoms with Crippen molar-refractivity contribution >= 4 is 35.3 Å². The summed E-state index contributed by atoms with van der Waals surface area (Å²) in [5.41, 5.74) is 1.53. The maximum atomic E-state index is 12.0. The minimum atomic E-state index is -0.234. The number of nitrogens with one attached hydrogen (secondary N) is 1. The number of amides is 1. The molecule has 0 aliphatic heterocycles. The Balaban J connectivity index is 1.58. The average Bonchev–Trinajstić information content (AvgIpc) is 3.14. The third-order valence-corrected chi connectivity index (χ3v) is 4.45. The fraction of sp³-hybridized carbons (Fsp3) is 0.200. The zero-order valence-corrected chi connectivity index (χ0v) is 14.6. The van der Waals surface area contributed by atoms with Gasteiger partial charge in [0, 0.05) is 22.7 Å². The van der Waals surface area contributed by atoms with Crippen molar-refractivity contribution in [3.8, 4) is 11.6 Å². The second-order valence-electron chi connectivity index (χ2n) is 5.00. The molecule has 3 aromatic rings. The number of carbonyl (C=O) groups excluding carboxylic acids is 1. The Bertz CT molecular complexity index is 840. The van der Waals surface area contributed by atoms with Crippen LogP contribution in [0.2, 0.25) is 5.02 Å². The molecule has 24 heavy (non-hydrogen) atoms. The van der Waals surface area contributed by atoms with E-state index in [1.807, 2.05) is 32.2 Å². The van der Waals surface area contributed by atoms with Crippen LogP contribution < -0.4 is 5.32 Å². The first-order valence-electron chi connectivity index (χ1n) is 7.04. The molecule has 2 heterocycles. The third-order valence-electron chi connectivity index (χ3n) is 3.19. The van der Waals surface area contributed by atoms with Crippen LogP contribution in [-0.2, 0) is 11.8 Å². The van der Waals surface area contributed by atoms with E-state index in [0.29, 0.717) is 10.7 Å². The van der Waals surface area contributed by atoms with Gasteiger partial charge in [0.05, 0.1) is 5.75 Å². The minimum Gasteiger partial charge on any atom is -0.401 e. The molecule has 0 bridgehead atoms. The maximum absolute atomic E-state index is 12.0. The largest absolute Gasteiger partial charge is 0.401 e. The van der Waals surface area contributed by atoms with Crippen LogP contribution in [0, 0.1) is 6.92 Å². The van der Waals surface area contributed by atoms with E-state index in [0.717, 1.165) is 10.6 Å². The van der Waals surface area contributed by atoms with Crippen molar-refractivity contribution in [2.75, 3.05) is 11.1 Å². The Morgan fingerprint density at radius 1 is 1.33 bits per heavy atom. The summed E-state index contributed by atoms with van der Waals surface area (Å²) in [6.45, 7) is 1.92. The van der Waals surface area contributed by atoms with Gasteiger partial charge in [0.2, 0.25) is 5.91 Å². The molecule has 7 nitrogen and oxygen atoms in total. The first kappa shape index (κ1) is 16.5. The first-order chi connectivity index (χ1) is 11.5. The van der Waals surface area contributed by atoms with Gasteiger partial charge in [0.1, 0.15) is 5.69 Å². The van der Waals surface area contributed by atoms with Gasteiger partial charge < -0.3 is 4.42 Å². The molecule has 0 atom stereocenters. The molecule has 2 aromatic heterocycles. The summed E-state index contributed by atoms with van der Waals surface area (Å²) in [7, 11) is 1.83. The van der Waals surface area contributed by atoms with Gasteiger partial charge in [-0.15, -0.1) is 16.9 Å². The highest BCUT2D eigenvalue weighted by Crippen LogP contribution is 2.21. The number of nitrogens with zero attached hydrogens (tertiary/aromatic N) is 4. The van der Waals surface area contributed by atoms with Crippen LogP contribution in [0.25, 0.3) is 11.6 Å². The number of anilines is 1. The van der Waals surface area contributed by atoms with E-state index in [-0.39, 0.29) is 23.6 Å². The lowest BCUT2D eigenvalue weighted by molar-refractivity contribution is -0.113. The van der Waals surface area contributed by atoms with Crippen molar-refractivity contribution in [2.45, 2.75) is 11.8 Å². The van der Waals surface area contributed by atoms with Crippen LogP contribution in [0.1, 0.15) is 5.69 Å². The number of rotatable bonds is 5. The van der Waals surface area contributed by atoms with Crippen molar-refractivity contribution in [3.05, 3.63) is 41.0 Å². The van der Waals surface area contributed by atoms with Crippen molar-refractivity contribution in [3.63, 3.8) is 0 Å². The van der Waals surface area contributed by atoms with Crippen LogP contribution in [0.5, 0.6) is 0 Å². The number of hydrogen-bond acceptors (Lipinski definition) is 6. The van der Waals surface area contributed by atoms with Crippen molar-refractivity contribution in [1.82, 2.24) is 20.0 Å². The third kappa shape index (κ3) is 3.95. The number of thioether (sulfide) groups is 1. The highest BCUT2D eigenvalue weighted by molar-refractivity contribution is 8.00. The summed E-state index contributed by atoms with van der Waals surface area (Å²) in [4.78, 5) is 12.9. The second-order valence-corrected chi connectivity index (χ2v) is 6.48. The van der Waals surface area contributed by atoms with E-state index in [2.05, 4.69) is 20.6 Å². The topological polar surface area (TPSA) is 85.8 Å². The maximum Gasteiger partial charge on any atom is 0.322 e. The molecular weight excluding hydrogens is 350 g/mol. The molecule has 0 radical (unpaired) electrons. The number of aromatic nitrogens is 4. The summed E-state index contributed by atoms with van der Waals surface area (Å²) in [6, 6.07) is 9.15. The van der Waals surface area contributed by atoms with Crippen molar-refractivity contribution in [1.29, 1.82) is 0 Å². The highest BCUT2D eigenvalue weighted by Gasteiger charge is 2.14. The highest BCUT2D eigenvalue weighted by atomic mass is 35.5. The molecule has 9 heteroatoms. The molecule has 0 aliphatic carbocycles. The van der Waals surface area contributed by atoms with Crippen molar-refractivity contribution < 1.29 is 9.21 Å². The summed E-state index contributed by atoms with van der Waals surface area (Å²) in [5.74, 6) is 0.254. The molecule has 0 saturated carbocycles. The van der Waals surface area contributed by atoms with Crippen LogP contribution in [-0.4, -0.2) is 31.6 Å². The molecule has 0 aliphatic rings. The number of carbonyl (C=O) groups is 1. The molecule has 1 amide bonds. The molecular formula is C15H14ClN5O2S. The minimum absolute atomic E-state index is 0.0509. The van der Waals surface area contributed by atoms with Crippen LogP contribution in [0.15, 0.2) is 39.6 Å². The predicted molar refractivity (Wildman–Crippen MR) is 92.0 cm³/mol. The Labute approximate surface area is 147 Å². The molecule has 0 fully saturated rings. The SMILES string of the molecule is Cc1cc(-c2nnc(NC(=O)CSc3ccc(Cl)cc3)o2)nn1C. The van der Waals surface area contributed by atoms with E-state index >= 15 is 0 Å². The fourth-order valence-electron chi connectivity index (χ4n) is 1.88. The van der Waals surface area contributed by atoms with E-state index in [1.54, 1.807) is 16.8 Å². The quantitative estimate of drug-likeness (QED) is 0.701. The summed E-state index contributed by atoms with van der Waals surface area (Å²) in [6.07, 6.45) is 0.